The maximum atomic E-state index is 12.9. The van der Waals surface area contributed by atoms with Gasteiger partial charge in [-0.1, -0.05) is 30.3 Å². The molecule has 2 aromatic carbocycles. The van der Waals surface area contributed by atoms with E-state index in [1.54, 1.807) is 6.07 Å². The molecule has 1 atom stereocenters. The number of ether oxygens (including phenoxy) is 1. The first-order valence-corrected chi connectivity index (χ1v) is 5.20. The summed E-state index contributed by atoms with van der Waals surface area (Å²) in [4.78, 5) is 0. The molecule has 0 fully saturated rings. The zero-order valence-electron chi connectivity index (χ0n) is 8.49. The fraction of sp³-hybridized carbons (Fsp3) is 0.231. The van der Waals surface area contributed by atoms with Crippen LogP contribution in [0.15, 0.2) is 36.4 Å². The van der Waals surface area contributed by atoms with Crippen LogP contribution >= 0.6 is 0 Å². The predicted octanol–water partition coefficient (Wildman–Crippen LogP) is 3.58. The molecule has 1 aliphatic rings. The summed E-state index contributed by atoms with van der Waals surface area (Å²) in [6, 6.07) is 11.3. The molecular weight excluding hydrogens is 210 g/mol. The predicted molar refractivity (Wildman–Crippen MR) is 58.2 cm³/mol. The Balaban J connectivity index is 2.29. The van der Waals surface area contributed by atoms with Gasteiger partial charge in [0.15, 0.2) is 0 Å². The lowest BCUT2D eigenvalue weighted by molar-refractivity contribution is 0.102. The quantitative estimate of drug-likeness (QED) is 0.713. The third-order valence-electron chi connectivity index (χ3n) is 3.02. The Morgan fingerprint density at radius 1 is 1.12 bits per heavy atom. The fourth-order valence-electron chi connectivity index (χ4n) is 2.25. The van der Waals surface area contributed by atoms with Gasteiger partial charge in [-0.25, -0.2) is 8.78 Å². The maximum Gasteiger partial charge on any atom is 0.248 e. The Hall–Kier alpha value is -1.64. The van der Waals surface area contributed by atoms with Gasteiger partial charge in [-0.15, -0.1) is 0 Å². The van der Waals surface area contributed by atoms with Gasteiger partial charge in [0.2, 0.25) is 6.43 Å². The molecule has 0 saturated heterocycles. The summed E-state index contributed by atoms with van der Waals surface area (Å²) in [7, 11) is 0. The van der Waals surface area contributed by atoms with E-state index in [1.165, 1.54) is 0 Å². The second-order valence-corrected chi connectivity index (χ2v) is 3.95. The molecule has 16 heavy (non-hydrogen) atoms. The van der Waals surface area contributed by atoms with Crippen LogP contribution in [-0.4, -0.2) is 13.0 Å². The largest absolute Gasteiger partial charge is 0.492 e. The summed E-state index contributed by atoms with van der Waals surface area (Å²) in [6.07, 6.45) is -2.37. The van der Waals surface area contributed by atoms with Crippen molar-refractivity contribution in [1.29, 1.82) is 0 Å². The third kappa shape index (κ3) is 1.28. The minimum absolute atomic E-state index is 0.0843. The number of alkyl halides is 2. The van der Waals surface area contributed by atoms with E-state index in [-0.39, 0.29) is 6.61 Å². The van der Waals surface area contributed by atoms with E-state index in [9.17, 15) is 8.78 Å². The first-order valence-electron chi connectivity index (χ1n) is 5.20. The molecule has 0 aromatic heterocycles. The van der Waals surface area contributed by atoms with Crippen LogP contribution in [0, 0.1) is 0 Å². The Bertz CT molecular complexity index is 536. The van der Waals surface area contributed by atoms with Crippen LogP contribution in [0.25, 0.3) is 10.8 Å². The van der Waals surface area contributed by atoms with Gasteiger partial charge in [0.05, 0.1) is 5.92 Å². The van der Waals surface area contributed by atoms with Crippen molar-refractivity contribution >= 4 is 10.8 Å². The van der Waals surface area contributed by atoms with Gasteiger partial charge in [-0.05, 0) is 16.8 Å². The highest BCUT2D eigenvalue weighted by Gasteiger charge is 2.33. The van der Waals surface area contributed by atoms with E-state index in [4.69, 9.17) is 4.74 Å². The normalized spacial score (nSPS) is 18.8. The lowest BCUT2D eigenvalue weighted by atomic mass is 9.95. The van der Waals surface area contributed by atoms with E-state index in [1.807, 2.05) is 30.3 Å². The van der Waals surface area contributed by atoms with Crippen molar-refractivity contribution in [3.05, 3.63) is 42.0 Å². The molecular formula is C13H10F2O. The Kier molecular flexibility index (Phi) is 2.06. The van der Waals surface area contributed by atoms with Gasteiger partial charge in [-0.2, -0.15) is 0 Å². The Labute approximate surface area is 91.6 Å². The highest BCUT2D eigenvalue weighted by Crippen LogP contribution is 2.41. The highest BCUT2D eigenvalue weighted by atomic mass is 19.3. The number of hydrogen-bond donors (Lipinski definition) is 0. The van der Waals surface area contributed by atoms with E-state index in [0.717, 1.165) is 10.8 Å². The van der Waals surface area contributed by atoms with Gasteiger partial charge in [0.1, 0.15) is 12.4 Å². The first-order chi connectivity index (χ1) is 7.77. The van der Waals surface area contributed by atoms with Crippen LogP contribution in [-0.2, 0) is 0 Å². The van der Waals surface area contributed by atoms with Gasteiger partial charge < -0.3 is 4.74 Å². The van der Waals surface area contributed by atoms with Gasteiger partial charge in [-0.3, -0.25) is 0 Å². The Morgan fingerprint density at radius 3 is 2.75 bits per heavy atom. The molecule has 0 N–H and O–H groups in total. The number of benzene rings is 2. The van der Waals surface area contributed by atoms with E-state index in [2.05, 4.69) is 0 Å². The Morgan fingerprint density at radius 2 is 1.94 bits per heavy atom. The van der Waals surface area contributed by atoms with Crippen LogP contribution in [0.4, 0.5) is 8.78 Å². The second kappa shape index (κ2) is 3.44. The smallest absolute Gasteiger partial charge is 0.248 e. The van der Waals surface area contributed by atoms with Crippen molar-refractivity contribution in [2.45, 2.75) is 12.3 Å². The van der Waals surface area contributed by atoms with Gasteiger partial charge >= 0.3 is 0 Å². The average Bonchev–Trinajstić information content (AvgIpc) is 2.73. The van der Waals surface area contributed by atoms with Crippen LogP contribution in [0.1, 0.15) is 11.5 Å². The van der Waals surface area contributed by atoms with Gasteiger partial charge in [0, 0.05) is 5.56 Å². The molecule has 82 valence electrons. The van der Waals surface area contributed by atoms with Crippen LogP contribution < -0.4 is 4.74 Å². The van der Waals surface area contributed by atoms with Crippen molar-refractivity contribution in [3.8, 4) is 5.75 Å². The number of fused-ring (bicyclic) bond motifs is 3. The van der Waals surface area contributed by atoms with Crippen molar-refractivity contribution in [3.63, 3.8) is 0 Å². The molecule has 3 heteroatoms. The average molecular weight is 220 g/mol. The molecule has 0 saturated carbocycles. The van der Waals surface area contributed by atoms with E-state index in [0.29, 0.717) is 11.3 Å². The fourth-order valence-corrected chi connectivity index (χ4v) is 2.25. The number of halogens is 2. The molecule has 1 heterocycles. The summed E-state index contributed by atoms with van der Waals surface area (Å²) >= 11 is 0. The molecule has 1 nitrogen and oxygen atoms in total. The monoisotopic (exact) mass is 220 g/mol. The van der Waals surface area contributed by atoms with Crippen molar-refractivity contribution in [2.75, 3.05) is 6.61 Å². The second-order valence-electron chi connectivity index (χ2n) is 3.95. The third-order valence-corrected chi connectivity index (χ3v) is 3.02. The minimum Gasteiger partial charge on any atom is -0.492 e. The number of hydrogen-bond acceptors (Lipinski definition) is 1. The molecule has 0 amide bonds. The maximum absolute atomic E-state index is 12.9. The van der Waals surface area contributed by atoms with E-state index >= 15 is 0 Å². The molecule has 3 rings (SSSR count). The summed E-state index contributed by atoms with van der Waals surface area (Å²) in [5.74, 6) is -0.190. The molecule has 2 aromatic rings. The van der Waals surface area contributed by atoms with Crippen molar-refractivity contribution in [2.24, 2.45) is 0 Å². The topological polar surface area (TPSA) is 9.23 Å². The van der Waals surface area contributed by atoms with Crippen LogP contribution in [0.2, 0.25) is 0 Å². The molecule has 1 aliphatic heterocycles. The summed E-state index contributed by atoms with van der Waals surface area (Å²) < 4.78 is 31.0. The molecule has 0 aliphatic carbocycles. The molecule has 0 spiro atoms. The zero-order chi connectivity index (χ0) is 11.1. The lowest BCUT2D eigenvalue weighted by Gasteiger charge is -2.09. The zero-order valence-corrected chi connectivity index (χ0v) is 8.49. The number of rotatable bonds is 1. The summed E-state index contributed by atoms with van der Waals surface area (Å²) in [6.45, 7) is 0.0843. The minimum atomic E-state index is -2.37. The molecule has 0 radical (unpaired) electrons. The van der Waals surface area contributed by atoms with Crippen LogP contribution in [0.3, 0.4) is 0 Å². The molecule has 0 bridgehead atoms. The SMILES string of the molecule is FC(F)[C@H]1COc2ccc3ccccc3c21. The standard InChI is InChI=1S/C13H10F2O/c14-13(15)10-7-16-11-6-5-8-3-1-2-4-9(8)12(10)11/h1-6,10,13H,7H2/t10-/m0/s1. The van der Waals surface area contributed by atoms with E-state index < -0.39 is 12.3 Å². The first kappa shape index (κ1) is 9.58. The van der Waals surface area contributed by atoms with Crippen molar-refractivity contribution in [1.82, 2.24) is 0 Å². The summed E-state index contributed by atoms with van der Waals surface area (Å²) in [5.41, 5.74) is 0.660. The van der Waals surface area contributed by atoms with Gasteiger partial charge in [0.25, 0.3) is 0 Å². The molecule has 0 unspecified atom stereocenters. The highest BCUT2D eigenvalue weighted by molar-refractivity contribution is 5.88. The summed E-state index contributed by atoms with van der Waals surface area (Å²) in [5, 5.41) is 1.86. The van der Waals surface area contributed by atoms with Crippen LogP contribution in [0.5, 0.6) is 5.75 Å². The van der Waals surface area contributed by atoms with Crippen molar-refractivity contribution < 1.29 is 13.5 Å². The lowest BCUT2D eigenvalue weighted by Crippen LogP contribution is -2.10.